The maximum absolute atomic E-state index is 12.5. The minimum Gasteiger partial charge on any atom is -0.393 e. The second kappa shape index (κ2) is 7.81. The Balaban J connectivity index is 1.57. The Labute approximate surface area is 144 Å². The molecule has 2 heterocycles. The van der Waals surface area contributed by atoms with E-state index in [4.69, 9.17) is 4.74 Å². The Morgan fingerprint density at radius 2 is 2.08 bits per heavy atom. The molecule has 1 amide bonds. The van der Waals surface area contributed by atoms with Gasteiger partial charge in [-0.1, -0.05) is 19.3 Å². The molecule has 0 spiro atoms. The van der Waals surface area contributed by atoms with Crippen LogP contribution in [0.15, 0.2) is 0 Å². The largest absolute Gasteiger partial charge is 0.393 e. The number of hydrogen-bond acceptors (Lipinski definition) is 5. The monoisotopic (exact) mass is 335 g/mol. The third-order valence-corrected chi connectivity index (χ3v) is 5.92. The van der Waals surface area contributed by atoms with Gasteiger partial charge in [-0.05, 0) is 38.6 Å². The Bertz CT molecular complexity index is 484. The molecule has 3 atom stereocenters. The molecule has 0 radical (unpaired) electrons. The molecule has 0 aromatic rings. The van der Waals surface area contributed by atoms with Crippen molar-refractivity contribution in [3.63, 3.8) is 0 Å². The van der Waals surface area contributed by atoms with E-state index in [0.29, 0.717) is 26.2 Å². The van der Waals surface area contributed by atoms with Crippen molar-refractivity contribution in [1.29, 1.82) is 5.26 Å². The van der Waals surface area contributed by atoms with Crippen LogP contribution in [0.3, 0.4) is 0 Å². The fourth-order valence-electron chi connectivity index (χ4n) is 4.56. The molecule has 0 bridgehead atoms. The summed E-state index contributed by atoms with van der Waals surface area (Å²) in [5.41, 5.74) is -0.669. The van der Waals surface area contributed by atoms with Crippen LogP contribution >= 0.6 is 0 Å². The van der Waals surface area contributed by atoms with Gasteiger partial charge in [0.2, 0.25) is 5.91 Å². The fourth-order valence-corrected chi connectivity index (χ4v) is 4.56. The lowest BCUT2D eigenvalue weighted by Crippen LogP contribution is -2.53. The zero-order valence-electron chi connectivity index (χ0n) is 14.4. The molecule has 2 aliphatic heterocycles. The molecular formula is C18H29N3O3. The van der Waals surface area contributed by atoms with Gasteiger partial charge in [0.05, 0.1) is 25.3 Å². The molecule has 6 heteroatoms. The summed E-state index contributed by atoms with van der Waals surface area (Å²) in [4.78, 5) is 14.7. The van der Waals surface area contributed by atoms with E-state index in [-0.39, 0.29) is 24.0 Å². The molecule has 3 rings (SSSR count). The van der Waals surface area contributed by atoms with Gasteiger partial charge in [-0.15, -0.1) is 0 Å². The summed E-state index contributed by atoms with van der Waals surface area (Å²) in [6.07, 6.45) is 7.06. The van der Waals surface area contributed by atoms with Crippen molar-refractivity contribution < 1.29 is 14.6 Å². The molecule has 2 N–H and O–H groups in total. The minimum absolute atomic E-state index is 0.0587. The molecule has 6 nitrogen and oxygen atoms in total. The molecular weight excluding hydrogens is 306 g/mol. The van der Waals surface area contributed by atoms with Gasteiger partial charge < -0.3 is 15.2 Å². The van der Waals surface area contributed by atoms with Crippen molar-refractivity contribution in [3.8, 4) is 6.07 Å². The number of hydrogen-bond donors (Lipinski definition) is 2. The maximum Gasteiger partial charge on any atom is 0.235 e. The Morgan fingerprint density at radius 3 is 2.79 bits per heavy atom. The van der Waals surface area contributed by atoms with Crippen LogP contribution in [0, 0.1) is 17.2 Å². The van der Waals surface area contributed by atoms with E-state index in [1.165, 1.54) is 0 Å². The van der Waals surface area contributed by atoms with E-state index in [0.717, 1.165) is 51.5 Å². The van der Waals surface area contributed by atoms with Crippen molar-refractivity contribution in [2.24, 2.45) is 5.92 Å². The summed E-state index contributed by atoms with van der Waals surface area (Å²) < 4.78 is 5.54. The third-order valence-electron chi connectivity index (χ3n) is 5.92. The average Bonchev–Trinajstić information content (AvgIpc) is 3.04. The Hall–Kier alpha value is -1.16. The highest BCUT2D eigenvalue weighted by atomic mass is 16.5. The van der Waals surface area contributed by atoms with Crippen LogP contribution in [-0.2, 0) is 9.53 Å². The van der Waals surface area contributed by atoms with Gasteiger partial charge in [-0.2, -0.15) is 5.26 Å². The van der Waals surface area contributed by atoms with Crippen LogP contribution in [0.4, 0.5) is 0 Å². The van der Waals surface area contributed by atoms with Gasteiger partial charge in [-0.25, -0.2) is 0 Å². The summed E-state index contributed by atoms with van der Waals surface area (Å²) >= 11 is 0. The van der Waals surface area contributed by atoms with Crippen LogP contribution in [0.1, 0.15) is 51.4 Å². The number of carbonyl (C=O) groups excluding carboxylic acids is 1. The molecule has 3 aliphatic rings. The first-order valence-electron chi connectivity index (χ1n) is 9.36. The molecule has 0 aromatic heterocycles. The van der Waals surface area contributed by atoms with E-state index < -0.39 is 5.54 Å². The normalized spacial score (nSPS) is 33.8. The first-order valence-corrected chi connectivity index (χ1v) is 9.36. The highest BCUT2D eigenvalue weighted by Gasteiger charge is 2.39. The smallest absolute Gasteiger partial charge is 0.235 e. The van der Waals surface area contributed by atoms with Crippen LogP contribution in [0.25, 0.3) is 0 Å². The number of carbonyl (C=O) groups is 1. The summed E-state index contributed by atoms with van der Waals surface area (Å²) in [7, 11) is 0. The molecule has 134 valence electrons. The minimum atomic E-state index is -0.669. The van der Waals surface area contributed by atoms with Gasteiger partial charge in [0.15, 0.2) is 0 Å². The van der Waals surface area contributed by atoms with Crippen LogP contribution in [-0.4, -0.2) is 59.9 Å². The fraction of sp³-hybridized carbons (Fsp3) is 0.889. The van der Waals surface area contributed by atoms with Crippen LogP contribution in [0.2, 0.25) is 0 Å². The van der Waals surface area contributed by atoms with Gasteiger partial charge in [0.1, 0.15) is 5.54 Å². The molecule has 0 aromatic carbocycles. The number of nitrogens with one attached hydrogen (secondary N) is 1. The predicted molar refractivity (Wildman–Crippen MR) is 89.1 cm³/mol. The highest BCUT2D eigenvalue weighted by Crippen LogP contribution is 2.30. The van der Waals surface area contributed by atoms with Crippen molar-refractivity contribution in [1.82, 2.24) is 10.2 Å². The summed E-state index contributed by atoms with van der Waals surface area (Å²) in [5.74, 6) is 0.0326. The number of nitriles is 1. The summed E-state index contributed by atoms with van der Waals surface area (Å²) in [6, 6.07) is 2.55. The molecule has 24 heavy (non-hydrogen) atoms. The Morgan fingerprint density at radius 1 is 1.29 bits per heavy atom. The van der Waals surface area contributed by atoms with Crippen molar-refractivity contribution in [3.05, 3.63) is 0 Å². The standard InChI is InChI=1S/C18H29N3O3/c19-13-18(7-2-1-3-8-18)20-17(23)11-21-9-4-5-15(21)14-12-24-10-6-16(14)22/h14-16,22H,1-12H2,(H,20,23). The predicted octanol–water partition coefficient (Wildman–Crippen LogP) is 1.19. The lowest BCUT2D eigenvalue weighted by atomic mass is 9.83. The number of likely N-dealkylation sites (tertiary alicyclic amines) is 1. The van der Waals surface area contributed by atoms with E-state index in [9.17, 15) is 15.2 Å². The van der Waals surface area contributed by atoms with Crippen LogP contribution < -0.4 is 5.32 Å². The molecule has 2 saturated heterocycles. The van der Waals surface area contributed by atoms with Crippen molar-refractivity contribution in [2.75, 3.05) is 26.3 Å². The van der Waals surface area contributed by atoms with Crippen molar-refractivity contribution >= 4 is 5.91 Å². The number of nitrogens with zero attached hydrogens (tertiary/aromatic N) is 2. The van der Waals surface area contributed by atoms with E-state index in [1.54, 1.807) is 0 Å². The number of ether oxygens (including phenoxy) is 1. The first-order chi connectivity index (χ1) is 11.6. The second-order valence-electron chi connectivity index (χ2n) is 7.58. The highest BCUT2D eigenvalue weighted by molar-refractivity contribution is 5.79. The quantitative estimate of drug-likeness (QED) is 0.806. The van der Waals surface area contributed by atoms with E-state index in [2.05, 4.69) is 16.3 Å². The first kappa shape index (κ1) is 17.7. The summed E-state index contributed by atoms with van der Waals surface area (Å²) in [5, 5.41) is 22.8. The topological polar surface area (TPSA) is 85.6 Å². The van der Waals surface area contributed by atoms with Gasteiger partial charge in [0.25, 0.3) is 0 Å². The number of rotatable bonds is 4. The lowest BCUT2D eigenvalue weighted by Gasteiger charge is -2.37. The number of aliphatic hydroxyl groups is 1. The SMILES string of the molecule is N#CC1(NC(=O)CN2CCCC2C2COCCC2O)CCCCC1. The number of amides is 1. The molecule has 3 fully saturated rings. The summed E-state index contributed by atoms with van der Waals surface area (Å²) in [6.45, 7) is 2.39. The van der Waals surface area contributed by atoms with E-state index in [1.807, 2.05) is 0 Å². The average molecular weight is 335 g/mol. The lowest BCUT2D eigenvalue weighted by molar-refractivity contribution is -0.125. The van der Waals surface area contributed by atoms with Crippen LogP contribution in [0.5, 0.6) is 0 Å². The zero-order chi connectivity index (χ0) is 17.0. The van der Waals surface area contributed by atoms with Gasteiger partial charge in [-0.3, -0.25) is 9.69 Å². The maximum atomic E-state index is 12.5. The third kappa shape index (κ3) is 3.90. The molecule has 3 unspecified atom stereocenters. The molecule has 1 aliphatic carbocycles. The number of aliphatic hydroxyl groups excluding tert-OH is 1. The second-order valence-corrected chi connectivity index (χ2v) is 7.58. The van der Waals surface area contributed by atoms with Crippen molar-refractivity contribution in [2.45, 2.75) is 69.1 Å². The van der Waals surface area contributed by atoms with Gasteiger partial charge >= 0.3 is 0 Å². The van der Waals surface area contributed by atoms with E-state index >= 15 is 0 Å². The van der Waals surface area contributed by atoms with Gasteiger partial charge in [0, 0.05) is 18.6 Å². The molecule has 1 saturated carbocycles. The zero-order valence-corrected chi connectivity index (χ0v) is 14.4. The Kier molecular flexibility index (Phi) is 5.75.